The molecule has 86 valence electrons. The van der Waals surface area contributed by atoms with E-state index in [1.54, 1.807) is 5.01 Å². The summed E-state index contributed by atoms with van der Waals surface area (Å²) in [5.74, 6) is 1.10. The molecule has 0 radical (unpaired) electrons. The predicted molar refractivity (Wildman–Crippen MR) is 68.2 cm³/mol. The molecule has 1 heterocycles. The largest absolute Gasteiger partial charge is 0.272 e. The van der Waals surface area contributed by atoms with E-state index >= 15 is 0 Å². The lowest BCUT2D eigenvalue weighted by Crippen LogP contribution is -2.35. The van der Waals surface area contributed by atoms with Crippen molar-refractivity contribution in [1.29, 1.82) is 0 Å². The molecule has 0 N–H and O–H groups in total. The number of amides is 1. The summed E-state index contributed by atoms with van der Waals surface area (Å²) in [7, 11) is 1.92. The molecule has 0 spiro atoms. The molecule has 1 amide bonds. The van der Waals surface area contributed by atoms with E-state index in [0.29, 0.717) is 11.7 Å². The van der Waals surface area contributed by atoms with Crippen LogP contribution in [-0.4, -0.2) is 23.1 Å². The highest BCUT2D eigenvalue weighted by atomic mass is 32.2. The number of carbonyl (C=O) groups is 1. The Kier molecular flexibility index (Phi) is 3.21. The highest BCUT2D eigenvalue weighted by molar-refractivity contribution is 7.98. The van der Waals surface area contributed by atoms with Gasteiger partial charge in [-0.05, 0) is 29.5 Å². The zero-order valence-electron chi connectivity index (χ0n) is 9.80. The molecule has 1 aliphatic heterocycles. The summed E-state index contributed by atoms with van der Waals surface area (Å²) < 4.78 is 1.91. The molecular formula is C12H16N2OS. The van der Waals surface area contributed by atoms with Crippen LogP contribution >= 0.6 is 11.9 Å². The van der Waals surface area contributed by atoms with Crippen LogP contribution in [0.2, 0.25) is 0 Å². The summed E-state index contributed by atoms with van der Waals surface area (Å²) >= 11 is 1.54. The van der Waals surface area contributed by atoms with Crippen molar-refractivity contribution in [2.75, 3.05) is 17.8 Å². The Morgan fingerprint density at radius 2 is 2.00 bits per heavy atom. The first kappa shape index (κ1) is 11.5. The highest BCUT2D eigenvalue weighted by Gasteiger charge is 2.30. The van der Waals surface area contributed by atoms with Crippen molar-refractivity contribution in [2.24, 2.45) is 0 Å². The van der Waals surface area contributed by atoms with Gasteiger partial charge in [-0.15, -0.1) is 0 Å². The van der Waals surface area contributed by atoms with Gasteiger partial charge in [-0.3, -0.25) is 4.79 Å². The third-order valence-electron chi connectivity index (χ3n) is 2.68. The molecule has 1 aromatic carbocycles. The first-order chi connectivity index (χ1) is 7.61. The SMILES string of the molecule is CC(C)c1ccccc1N1C(=O)CSN1C. The van der Waals surface area contributed by atoms with Crippen LogP contribution in [-0.2, 0) is 4.79 Å². The van der Waals surface area contributed by atoms with Crippen molar-refractivity contribution in [3.05, 3.63) is 29.8 Å². The van der Waals surface area contributed by atoms with Crippen LogP contribution in [0, 0.1) is 0 Å². The number of carbonyl (C=O) groups excluding carboxylic acids is 1. The fourth-order valence-electron chi connectivity index (χ4n) is 1.88. The third-order valence-corrected chi connectivity index (χ3v) is 3.59. The Balaban J connectivity index is 2.43. The molecule has 1 saturated heterocycles. The average molecular weight is 236 g/mol. The lowest BCUT2D eigenvalue weighted by Gasteiger charge is -2.26. The monoisotopic (exact) mass is 236 g/mol. The van der Waals surface area contributed by atoms with E-state index in [0.717, 1.165) is 5.69 Å². The fourth-order valence-corrected chi connectivity index (χ4v) is 2.59. The summed E-state index contributed by atoms with van der Waals surface area (Å²) in [6, 6.07) is 8.09. The molecule has 4 heteroatoms. The Morgan fingerprint density at radius 3 is 2.56 bits per heavy atom. The molecule has 0 aromatic heterocycles. The van der Waals surface area contributed by atoms with E-state index in [9.17, 15) is 4.79 Å². The van der Waals surface area contributed by atoms with E-state index in [2.05, 4.69) is 19.9 Å². The molecule has 0 atom stereocenters. The van der Waals surface area contributed by atoms with E-state index in [1.807, 2.05) is 29.7 Å². The molecule has 16 heavy (non-hydrogen) atoms. The molecule has 0 unspecified atom stereocenters. The van der Waals surface area contributed by atoms with Gasteiger partial charge in [-0.1, -0.05) is 32.0 Å². The predicted octanol–water partition coefficient (Wildman–Crippen LogP) is 2.65. The van der Waals surface area contributed by atoms with Crippen molar-refractivity contribution in [1.82, 2.24) is 4.41 Å². The van der Waals surface area contributed by atoms with Crippen LogP contribution in [0.5, 0.6) is 0 Å². The van der Waals surface area contributed by atoms with Crippen LogP contribution in [0.3, 0.4) is 0 Å². The Hall–Kier alpha value is -1.000. The maximum atomic E-state index is 11.8. The van der Waals surface area contributed by atoms with E-state index in [1.165, 1.54) is 17.5 Å². The standard InChI is InChI=1S/C12H16N2OS/c1-9(2)10-6-4-5-7-11(10)14-12(15)8-16-13(14)3/h4-7,9H,8H2,1-3H3. The topological polar surface area (TPSA) is 23.6 Å². The van der Waals surface area contributed by atoms with Crippen molar-refractivity contribution < 1.29 is 4.79 Å². The minimum atomic E-state index is 0.153. The zero-order chi connectivity index (χ0) is 11.7. The normalized spacial score (nSPS) is 17.5. The molecule has 0 bridgehead atoms. The van der Waals surface area contributed by atoms with Gasteiger partial charge < -0.3 is 0 Å². The molecule has 1 aliphatic rings. The van der Waals surface area contributed by atoms with Gasteiger partial charge in [-0.2, -0.15) is 4.41 Å². The molecular weight excluding hydrogens is 220 g/mol. The molecule has 0 aliphatic carbocycles. The summed E-state index contributed by atoms with van der Waals surface area (Å²) in [6.07, 6.45) is 0. The fraction of sp³-hybridized carbons (Fsp3) is 0.417. The summed E-state index contributed by atoms with van der Waals surface area (Å²) in [5, 5.41) is 1.76. The van der Waals surface area contributed by atoms with Gasteiger partial charge in [0.05, 0.1) is 11.4 Å². The summed E-state index contributed by atoms with van der Waals surface area (Å²) in [6.45, 7) is 4.29. The van der Waals surface area contributed by atoms with Crippen molar-refractivity contribution in [2.45, 2.75) is 19.8 Å². The lowest BCUT2D eigenvalue weighted by atomic mass is 10.0. The number of hydrogen-bond acceptors (Lipinski definition) is 3. The van der Waals surface area contributed by atoms with Gasteiger partial charge in [-0.25, -0.2) is 5.01 Å². The van der Waals surface area contributed by atoms with Crippen LogP contribution in [0.25, 0.3) is 0 Å². The van der Waals surface area contributed by atoms with Crippen molar-refractivity contribution in [3.63, 3.8) is 0 Å². The van der Waals surface area contributed by atoms with E-state index in [-0.39, 0.29) is 5.91 Å². The molecule has 1 aromatic rings. The lowest BCUT2D eigenvalue weighted by molar-refractivity contribution is -0.116. The average Bonchev–Trinajstić information content (AvgIpc) is 2.58. The smallest absolute Gasteiger partial charge is 0.253 e. The van der Waals surface area contributed by atoms with Gasteiger partial charge >= 0.3 is 0 Å². The number of hydrazine groups is 1. The number of para-hydroxylation sites is 1. The summed E-state index contributed by atoms with van der Waals surface area (Å²) in [4.78, 5) is 11.8. The van der Waals surface area contributed by atoms with Gasteiger partial charge in [0.2, 0.25) is 0 Å². The Bertz CT molecular complexity index is 406. The van der Waals surface area contributed by atoms with Crippen LogP contribution in [0.4, 0.5) is 5.69 Å². The van der Waals surface area contributed by atoms with Gasteiger partial charge in [0.1, 0.15) is 0 Å². The second-order valence-corrected chi connectivity index (χ2v) is 5.23. The maximum absolute atomic E-state index is 11.8. The number of hydrogen-bond donors (Lipinski definition) is 0. The van der Waals surface area contributed by atoms with Gasteiger partial charge in [0, 0.05) is 7.05 Å². The molecule has 0 saturated carbocycles. The molecule has 1 fully saturated rings. The first-order valence-corrected chi connectivity index (χ1v) is 6.34. The first-order valence-electron chi connectivity index (χ1n) is 5.39. The molecule has 3 nitrogen and oxygen atoms in total. The number of anilines is 1. The Morgan fingerprint density at radius 1 is 1.31 bits per heavy atom. The van der Waals surface area contributed by atoms with Crippen LogP contribution in [0.1, 0.15) is 25.3 Å². The number of rotatable bonds is 2. The van der Waals surface area contributed by atoms with Crippen LogP contribution in [0.15, 0.2) is 24.3 Å². The summed E-state index contributed by atoms with van der Waals surface area (Å²) in [5.41, 5.74) is 2.22. The Labute approximate surface area is 101 Å². The van der Waals surface area contributed by atoms with Crippen LogP contribution < -0.4 is 5.01 Å². The minimum absolute atomic E-state index is 0.153. The second kappa shape index (κ2) is 4.47. The van der Waals surface area contributed by atoms with E-state index < -0.39 is 0 Å². The number of benzene rings is 1. The number of nitrogens with zero attached hydrogens (tertiary/aromatic N) is 2. The van der Waals surface area contributed by atoms with Crippen molar-refractivity contribution >= 4 is 23.5 Å². The maximum Gasteiger partial charge on any atom is 0.253 e. The highest BCUT2D eigenvalue weighted by Crippen LogP contribution is 2.33. The quantitative estimate of drug-likeness (QED) is 0.738. The van der Waals surface area contributed by atoms with E-state index in [4.69, 9.17) is 0 Å². The minimum Gasteiger partial charge on any atom is -0.272 e. The third kappa shape index (κ3) is 1.95. The van der Waals surface area contributed by atoms with Gasteiger partial charge in [0.25, 0.3) is 5.91 Å². The van der Waals surface area contributed by atoms with Crippen molar-refractivity contribution in [3.8, 4) is 0 Å². The zero-order valence-corrected chi connectivity index (χ0v) is 10.6. The molecule has 2 rings (SSSR count). The van der Waals surface area contributed by atoms with Gasteiger partial charge in [0.15, 0.2) is 0 Å². The second-order valence-electron chi connectivity index (χ2n) is 4.16.